The van der Waals surface area contributed by atoms with Crippen molar-refractivity contribution in [1.29, 1.82) is 0 Å². The van der Waals surface area contributed by atoms with Crippen molar-refractivity contribution in [2.24, 2.45) is 0 Å². The second kappa shape index (κ2) is 6.06. The maximum absolute atomic E-state index is 5.98. The molecule has 21 heavy (non-hydrogen) atoms. The Bertz CT molecular complexity index is 648. The van der Waals surface area contributed by atoms with Crippen LogP contribution in [-0.4, -0.2) is 12.1 Å². The first-order chi connectivity index (χ1) is 9.81. The van der Waals surface area contributed by atoms with Crippen molar-refractivity contribution >= 4 is 15.9 Å². The molecule has 2 rings (SSSR count). The average Bonchev–Trinajstić information content (AvgIpc) is 2.42. The summed E-state index contributed by atoms with van der Waals surface area (Å²) in [6, 6.07) is 9.64. The van der Waals surface area contributed by atoms with Crippen LogP contribution in [0.1, 0.15) is 32.0 Å². The molecule has 0 amide bonds. The molecule has 0 aliphatic carbocycles. The maximum atomic E-state index is 5.98. The molecule has 2 aromatic rings. The fourth-order valence-electron chi connectivity index (χ4n) is 2.00. The third kappa shape index (κ3) is 3.76. The van der Waals surface area contributed by atoms with Gasteiger partial charge in [0.1, 0.15) is 11.5 Å². The minimum atomic E-state index is -0.0473. The molecule has 0 aliphatic rings. The zero-order chi connectivity index (χ0) is 15.6. The van der Waals surface area contributed by atoms with E-state index < -0.39 is 0 Å². The number of aryl methyl sites for hydroxylation is 1. The lowest BCUT2D eigenvalue weighted by Crippen LogP contribution is -2.13. The molecular weight excluding hydrogens is 330 g/mol. The van der Waals surface area contributed by atoms with Gasteiger partial charge in [-0.3, -0.25) is 0 Å². The van der Waals surface area contributed by atoms with Gasteiger partial charge in [0.05, 0.1) is 12.8 Å². The summed E-state index contributed by atoms with van der Waals surface area (Å²) in [6.07, 6.45) is 0. The second-order valence-electron chi connectivity index (χ2n) is 5.93. The fraction of sp³-hybridized carbons (Fsp3) is 0.353. The summed E-state index contributed by atoms with van der Waals surface area (Å²) in [5.74, 6) is 2.22. The lowest BCUT2D eigenvalue weighted by Gasteiger charge is -2.23. The number of halogens is 1. The highest BCUT2D eigenvalue weighted by Gasteiger charge is 2.20. The monoisotopic (exact) mass is 349 g/mol. The highest BCUT2D eigenvalue weighted by Crippen LogP contribution is 2.36. The van der Waals surface area contributed by atoms with E-state index in [4.69, 9.17) is 9.47 Å². The van der Waals surface area contributed by atoms with E-state index in [1.54, 1.807) is 7.11 Å². The van der Waals surface area contributed by atoms with E-state index in [-0.39, 0.29) is 5.41 Å². The van der Waals surface area contributed by atoms with Gasteiger partial charge in [-0.2, -0.15) is 0 Å². The van der Waals surface area contributed by atoms with Crippen LogP contribution < -0.4 is 9.47 Å². The molecule has 0 unspecified atom stereocenters. The Balaban J connectivity index is 2.41. The largest absolute Gasteiger partial charge is 0.497 e. The summed E-state index contributed by atoms with van der Waals surface area (Å²) in [4.78, 5) is 4.43. The van der Waals surface area contributed by atoms with E-state index in [0.717, 1.165) is 27.2 Å². The van der Waals surface area contributed by atoms with Gasteiger partial charge < -0.3 is 9.47 Å². The maximum Gasteiger partial charge on any atom is 0.219 e. The summed E-state index contributed by atoms with van der Waals surface area (Å²) in [5, 5.41) is 0. The first-order valence-electron chi connectivity index (χ1n) is 6.81. The van der Waals surface area contributed by atoms with Crippen LogP contribution in [0, 0.1) is 6.92 Å². The standard InChI is InChI=1S/C17H20BrNO2/c1-11-14(18)7-9-16(19-11)21-15-8-6-12(20-5)10-13(15)17(2,3)4/h6-10H,1-5H3. The smallest absolute Gasteiger partial charge is 0.219 e. The topological polar surface area (TPSA) is 31.4 Å². The number of rotatable bonds is 3. The number of nitrogens with zero attached hydrogens (tertiary/aromatic N) is 1. The molecule has 1 heterocycles. The van der Waals surface area contributed by atoms with Gasteiger partial charge in [-0.1, -0.05) is 20.8 Å². The van der Waals surface area contributed by atoms with E-state index in [0.29, 0.717) is 5.88 Å². The molecule has 0 bridgehead atoms. The van der Waals surface area contributed by atoms with Gasteiger partial charge >= 0.3 is 0 Å². The van der Waals surface area contributed by atoms with Crippen molar-refractivity contribution in [3.05, 3.63) is 46.1 Å². The summed E-state index contributed by atoms with van der Waals surface area (Å²) in [7, 11) is 1.67. The third-order valence-corrected chi connectivity index (χ3v) is 4.04. The lowest BCUT2D eigenvalue weighted by molar-refractivity contribution is 0.405. The minimum absolute atomic E-state index is 0.0473. The number of ether oxygens (including phenoxy) is 2. The number of aromatic nitrogens is 1. The minimum Gasteiger partial charge on any atom is -0.497 e. The van der Waals surface area contributed by atoms with Gasteiger partial charge in [-0.15, -0.1) is 0 Å². The first-order valence-corrected chi connectivity index (χ1v) is 7.60. The Kier molecular flexibility index (Phi) is 4.57. The van der Waals surface area contributed by atoms with E-state index in [2.05, 4.69) is 41.7 Å². The van der Waals surface area contributed by atoms with Crippen LogP contribution in [0.5, 0.6) is 17.4 Å². The molecule has 0 saturated carbocycles. The van der Waals surface area contributed by atoms with Gasteiger partial charge in [0.25, 0.3) is 0 Å². The molecule has 0 N–H and O–H groups in total. The fourth-order valence-corrected chi connectivity index (χ4v) is 2.22. The summed E-state index contributed by atoms with van der Waals surface area (Å²) >= 11 is 3.45. The Morgan fingerprint density at radius 1 is 1.10 bits per heavy atom. The average molecular weight is 350 g/mol. The number of benzene rings is 1. The molecule has 0 saturated heterocycles. The van der Waals surface area contributed by atoms with Crippen LogP contribution in [0.15, 0.2) is 34.8 Å². The quantitative estimate of drug-likeness (QED) is 0.758. The Morgan fingerprint density at radius 2 is 1.81 bits per heavy atom. The predicted octanol–water partition coefficient (Wildman–Crippen LogP) is 5.25. The first kappa shape index (κ1) is 15.8. The molecule has 0 fully saturated rings. The SMILES string of the molecule is COc1ccc(Oc2ccc(Br)c(C)n2)c(C(C)(C)C)c1. The highest BCUT2D eigenvalue weighted by molar-refractivity contribution is 9.10. The van der Waals surface area contributed by atoms with Crippen molar-refractivity contribution in [3.8, 4) is 17.4 Å². The number of hydrogen-bond donors (Lipinski definition) is 0. The van der Waals surface area contributed by atoms with Gasteiger partial charge in [0, 0.05) is 16.1 Å². The molecule has 0 spiro atoms. The van der Waals surface area contributed by atoms with Gasteiger partial charge in [-0.05, 0) is 52.5 Å². The van der Waals surface area contributed by atoms with Crippen LogP contribution in [0.3, 0.4) is 0 Å². The second-order valence-corrected chi connectivity index (χ2v) is 6.79. The summed E-state index contributed by atoms with van der Waals surface area (Å²) in [5.41, 5.74) is 1.94. The van der Waals surface area contributed by atoms with Crippen LogP contribution in [-0.2, 0) is 5.41 Å². The zero-order valence-electron chi connectivity index (χ0n) is 13.0. The van der Waals surface area contributed by atoms with E-state index in [1.165, 1.54) is 0 Å². The molecular formula is C17H20BrNO2. The van der Waals surface area contributed by atoms with E-state index >= 15 is 0 Å². The molecule has 3 nitrogen and oxygen atoms in total. The van der Waals surface area contributed by atoms with Crippen molar-refractivity contribution < 1.29 is 9.47 Å². The van der Waals surface area contributed by atoms with E-state index in [9.17, 15) is 0 Å². The highest BCUT2D eigenvalue weighted by atomic mass is 79.9. The van der Waals surface area contributed by atoms with Gasteiger partial charge in [0.15, 0.2) is 0 Å². The number of methoxy groups -OCH3 is 1. The van der Waals surface area contributed by atoms with Crippen molar-refractivity contribution in [1.82, 2.24) is 4.98 Å². The van der Waals surface area contributed by atoms with Crippen LogP contribution >= 0.6 is 15.9 Å². The van der Waals surface area contributed by atoms with Crippen molar-refractivity contribution in [3.63, 3.8) is 0 Å². The Morgan fingerprint density at radius 3 is 2.38 bits per heavy atom. The Hall–Kier alpha value is -1.55. The molecule has 4 heteroatoms. The van der Waals surface area contributed by atoms with Crippen LogP contribution in [0.25, 0.3) is 0 Å². The molecule has 0 radical (unpaired) electrons. The molecule has 112 valence electrons. The van der Waals surface area contributed by atoms with Crippen molar-refractivity contribution in [2.75, 3.05) is 7.11 Å². The molecule has 1 aromatic carbocycles. The number of hydrogen-bond acceptors (Lipinski definition) is 3. The Labute approximate surface area is 134 Å². The molecule has 0 aliphatic heterocycles. The van der Waals surface area contributed by atoms with Gasteiger partial charge in [-0.25, -0.2) is 4.98 Å². The normalized spacial score (nSPS) is 11.3. The third-order valence-electron chi connectivity index (χ3n) is 3.21. The summed E-state index contributed by atoms with van der Waals surface area (Å²) in [6.45, 7) is 8.38. The predicted molar refractivity (Wildman–Crippen MR) is 88.4 cm³/mol. The zero-order valence-corrected chi connectivity index (χ0v) is 14.6. The lowest BCUT2D eigenvalue weighted by atomic mass is 9.86. The molecule has 1 aromatic heterocycles. The van der Waals surface area contributed by atoms with Crippen LogP contribution in [0.2, 0.25) is 0 Å². The molecule has 0 atom stereocenters. The van der Waals surface area contributed by atoms with E-state index in [1.807, 2.05) is 37.3 Å². The van der Waals surface area contributed by atoms with Crippen LogP contribution in [0.4, 0.5) is 0 Å². The van der Waals surface area contributed by atoms with Crippen molar-refractivity contribution in [2.45, 2.75) is 33.1 Å². The number of pyridine rings is 1. The van der Waals surface area contributed by atoms with Gasteiger partial charge in [0.2, 0.25) is 5.88 Å². The summed E-state index contributed by atoms with van der Waals surface area (Å²) < 4.78 is 12.3.